The third kappa shape index (κ3) is 3.66. The lowest BCUT2D eigenvalue weighted by molar-refractivity contribution is 0.481. The van der Waals surface area contributed by atoms with E-state index in [0.29, 0.717) is 16.9 Å². The van der Waals surface area contributed by atoms with Crippen molar-refractivity contribution in [3.63, 3.8) is 0 Å². The van der Waals surface area contributed by atoms with E-state index in [-0.39, 0.29) is 5.75 Å². The maximum Gasteiger partial charge on any atom is 0.313 e. The van der Waals surface area contributed by atoms with Crippen molar-refractivity contribution < 1.29 is 12.6 Å². The Hall–Kier alpha value is -2.32. The lowest BCUT2D eigenvalue weighted by Gasteiger charge is -2.13. The Morgan fingerprint density at radius 3 is 2.45 bits per heavy atom. The minimum Gasteiger partial charge on any atom is -0.382 e. The van der Waals surface area contributed by atoms with Gasteiger partial charge in [-0.2, -0.15) is 13.7 Å². The summed E-state index contributed by atoms with van der Waals surface area (Å²) in [7, 11) is -3.78. The monoisotopic (exact) mass is 315 g/mol. The highest BCUT2D eigenvalue weighted by molar-refractivity contribution is 7.86. The normalized spacial score (nSPS) is 11.0. The van der Waals surface area contributed by atoms with Crippen LogP contribution in [0.4, 0.5) is 0 Å². The molecule has 0 N–H and O–H groups in total. The Labute approximate surface area is 131 Å². The molecule has 0 aliphatic heterocycles. The highest BCUT2D eigenvalue weighted by Crippen LogP contribution is 2.27. The summed E-state index contributed by atoms with van der Waals surface area (Å²) in [6.07, 6.45) is 0. The molecule has 0 spiro atoms. The summed E-state index contributed by atoms with van der Waals surface area (Å²) in [5.41, 5.74) is 3.52. The van der Waals surface area contributed by atoms with E-state index < -0.39 is 10.1 Å². The van der Waals surface area contributed by atoms with Crippen molar-refractivity contribution in [2.24, 2.45) is 0 Å². The van der Waals surface area contributed by atoms with Crippen molar-refractivity contribution in [2.45, 2.75) is 26.5 Å². The average Bonchev–Trinajstić information content (AvgIpc) is 2.47. The maximum absolute atomic E-state index is 12.3. The van der Waals surface area contributed by atoms with Crippen LogP contribution < -0.4 is 4.18 Å². The minimum atomic E-state index is -3.78. The number of rotatable bonds is 4. The summed E-state index contributed by atoms with van der Waals surface area (Å²) in [6, 6.07) is 12.3. The van der Waals surface area contributed by atoms with Crippen LogP contribution in [0.25, 0.3) is 0 Å². The van der Waals surface area contributed by atoms with Crippen LogP contribution in [0.15, 0.2) is 36.4 Å². The van der Waals surface area contributed by atoms with Gasteiger partial charge in [0.2, 0.25) is 0 Å². The van der Waals surface area contributed by atoms with E-state index in [1.165, 1.54) is 0 Å². The first kappa shape index (κ1) is 16.1. The number of nitriles is 1. The fourth-order valence-corrected chi connectivity index (χ4v) is 3.30. The lowest BCUT2D eigenvalue weighted by Crippen LogP contribution is -2.14. The summed E-state index contributed by atoms with van der Waals surface area (Å²) < 4.78 is 29.9. The molecule has 22 heavy (non-hydrogen) atoms. The van der Waals surface area contributed by atoms with Crippen LogP contribution in [-0.2, 0) is 15.9 Å². The zero-order valence-corrected chi connectivity index (χ0v) is 13.6. The predicted octanol–water partition coefficient (Wildman–Crippen LogP) is 3.39. The van der Waals surface area contributed by atoms with Gasteiger partial charge in [-0.25, -0.2) is 0 Å². The van der Waals surface area contributed by atoms with Gasteiger partial charge in [-0.15, -0.1) is 0 Å². The van der Waals surface area contributed by atoms with Crippen molar-refractivity contribution in [1.29, 1.82) is 5.26 Å². The molecule has 0 saturated carbocycles. The first-order chi connectivity index (χ1) is 10.3. The second kappa shape index (κ2) is 6.20. The van der Waals surface area contributed by atoms with Crippen LogP contribution in [0.3, 0.4) is 0 Å². The molecule has 114 valence electrons. The largest absolute Gasteiger partial charge is 0.382 e. The molecule has 0 fully saturated rings. The molecule has 0 radical (unpaired) electrons. The SMILES string of the molecule is Cc1ccc(C)c(OS(=O)(=O)Cc2cccc(C#N)c2)c1C. The molecular weight excluding hydrogens is 298 g/mol. The molecule has 0 atom stereocenters. The van der Waals surface area contributed by atoms with Crippen LogP contribution in [-0.4, -0.2) is 8.42 Å². The van der Waals surface area contributed by atoms with Crippen LogP contribution in [0.2, 0.25) is 0 Å². The summed E-state index contributed by atoms with van der Waals surface area (Å²) in [4.78, 5) is 0. The van der Waals surface area contributed by atoms with Gasteiger partial charge >= 0.3 is 10.1 Å². The molecule has 0 saturated heterocycles. The molecule has 2 rings (SSSR count). The quantitative estimate of drug-likeness (QED) is 0.811. The summed E-state index contributed by atoms with van der Waals surface area (Å²) in [6.45, 7) is 5.56. The van der Waals surface area contributed by atoms with E-state index in [0.717, 1.165) is 16.7 Å². The minimum absolute atomic E-state index is 0.269. The van der Waals surface area contributed by atoms with Crippen LogP contribution in [0.5, 0.6) is 5.75 Å². The fourth-order valence-electron chi connectivity index (χ4n) is 2.14. The average molecular weight is 315 g/mol. The van der Waals surface area contributed by atoms with Gasteiger partial charge in [0.15, 0.2) is 0 Å². The molecule has 0 aromatic heterocycles. The van der Waals surface area contributed by atoms with Crippen molar-refractivity contribution in [2.75, 3.05) is 0 Å². The van der Waals surface area contributed by atoms with Gasteiger partial charge in [-0.1, -0.05) is 24.3 Å². The third-order valence-electron chi connectivity index (χ3n) is 3.48. The topological polar surface area (TPSA) is 67.2 Å². The van der Waals surface area contributed by atoms with Crippen LogP contribution >= 0.6 is 0 Å². The summed E-state index contributed by atoms with van der Waals surface area (Å²) in [5.74, 6) is 0.117. The molecule has 2 aromatic carbocycles. The summed E-state index contributed by atoms with van der Waals surface area (Å²) >= 11 is 0. The Balaban J connectivity index is 2.29. The zero-order valence-electron chi connectivity index (χ0n) is 12.8. The molecule has 4 nitrogen and oxygen atoms in total. The molecule has 0 amide bonds. The van der Waals surface area contributed by atoms with Gasteiger partial charge < -0.3 is 4.18 Å². The van der Waals surface area contributed by atoms with E-state index in [9.17, 15) is 8.42 Å². The van der Waals surface area contributed by atoms with Gasteiger partial charge in [0.25, 0.3) is 0 Å². The predicted molar refractivity (Wildman–Crippen MR) is 85.1 cm³/mol. The van der Waals surface area contributed by atoms with Crippen LogP contribution in [0.1, 0.15) is 27.8 Å². The number of aryl methyl sites for hydroxylation is 2. The fraction of sp³-hybridized carbons (Fsp3) is 0.235. The van der Waals surface area contributed by atoms with Crippen LogP contribution in [0, 0.1) is 32.1 Å². The van der Waals surface area contributed by atoms with Crippen molar-refractivity contribution >= 4 is 10.1 Å². The number of benzene rings is 2. The molecular formula is C17H17NO3S. The third-order valence-corrected chi connectivity index (χ3v) is 4.59. The highest BCUT2D eigenvalue weighted by Gasteiger charge is 2.18. The van der Waals surface area contributed by atoms with Crippen molar-refractivity contribution in [3.8, 4) is 11.8 Å². The Kier molecular flexibility index (Phi) is 4.53. The molecule has 5 heteroatoms. The Morgan fingerprint density at radius 2 is 1.77 bits per heavy atom. The van der Waals surface area contributed by atoms with Crippen molar-refractivity contribution in [3.05, 3.63) is 64.2 Å². The Morgan fingerprint density at radius 1 is 1.09 bits per heavy atom. The van der Waals surface area contributed by atoms with Gasteiger partial charge in [0, 0.05) is 0 Å². The van der Waals surface area contributed by atoms with Gasteiger partial charge in [-0.3, -0.25) is 0 Å². The molecule has 0 bridgehead atoms. The van der Waals surface area contributed by atoms with E-state index in [1.54, 1.807) is 24.3 Å². The molecule has 2 aromatic rings. The highest BCUT2D eigenvalue weighted by atomic mass is 32.2. The first-order valence-electron chi connectivity index (χ1n) is 6.80. The van der Waals surface area contributed by atoms with E-state index in [4.69, 9.17) is 9.44 Å². The second-order valence-electron chi connectivity index (χ2n) is 5.25. The van der Waals surface area contributed by atoms with E-state index in [2.05, 4.69) is 0 Å². The first-order valence-corrected chi connectivity index (χ1v) is 8.38. The molecule has 0 aliphatic rings. The molecule has 0 aliphatic carbocycles. The van der Waals surface area contributed by atoms with E-state index >= 15 is 0 Å². The number of hydrogen-bond acceptors (Lipinski definition) is 4. The molecule has 0 unspecified atom stereocenters. The standard InChI is InChI=1S/C17H17NO3S/c1-12-7-8-13(2)17(14(12)3)21-22(19,20)11-16-6-4-5-15(9-16)10-18/h4-9H,11H2,1-3H3. The van der Waals surface area contributed by atoms with Gasteiger partial charge in [0.05, 0.1) is 11.6 Å². The van der Waals surface area contributed by atoms with Gasteiger partial charge in [-0.05, 0) is 55.2 Å². The van der Waals surface area contributed by atoms with Crippen molar-refractivity contribution in [1.82, 2.24) is 0 Å². The summed E-state index contributed by atoms with van der Waals surface area (Å²) in [5, 5.41) is 8.87. The zero-order chi connectivity index (χ0) is 16.3. The smallest absolute Gasteiger partial charge is 0.313 e. The Bertz CT molecular complexity index is 849. The second-order valence-corrected chi connectivity index (χ2v) is 6.82. The lowest BCUT2D eigenvalue weighted by atomic mass is 10.1. The maximum atomic E-state index is 12.3. The molecule has 0 heterocycles. The van der Waals surface area contributed by atoms with Gasteiger partial charge in [0.1, 0.15) is 11.5 Å². The number of hydrogen-bond donors (Lipinski definition) is 0. The number of nitrogens with zero attached hydrogens (tertiary/aromatic N) is 1. The van der Waals surface area contributed by atoms with E-state index in [1.807, 2.05) is 39.0 Å².